The van der Waals surface area contributed by atoms with E-state index in [9.17, 15) is 8.42 Å². The van der Waals surface area contributed by atoms with Gasteiger partial charge in [-0.05, 0) is 43.0 Å². The van der Waals surface area contributed by atoms with Crippen LogP contribution in [-0.2, 0) is 22.7 Å². The molecule has 0 fully saturated rings. The van der Waals surface area contributed by atoms with Crippen molar-refractivity contribution in [3.8, 4) is 0 Å². The average molecular weight is 318 g/mol. The molecule has 1 aliphatic heterocycles. The van der Waals surface area contributed by atoms with Crippen molar-refractivity contribution in [3.63, 3.8) is 0 Å². The highest BCUT2D eigenvalue weighted by atomic mass is 79.9. The van der Waals surface area contributed by atoms with Crippen molar-refractivity contribution in [2.75, 3.05) is 17.8 Å². The third kappa shape index (κ3) is 3.09. The SMILES string of the molecule is O=S1(=O)CCCc2cc(CCNCBr)ccc21. The number of rotatable bonds is 4. The van der Waals surface area contributed by atoms with Crippen LogP contribution in [0.1, 0.15) is 17.5 Å². The molecule has 3 nitrogen and oxygen atoms in total. The molecule has 0 spiro atoms. The molecule has 1 aromatic rings. The predicted octanol–water partition coefficient (Wildman–Crippen LogP) is 1.89. The Morgan fingerprint density at radius 2 is 2.18 bits per heavy atom. The third-order valence-electron chi connectivity index (χ3n) is 3.00. The van der Waals surface area contributed by atoms with Crippen LogP contribution in [0.3, 0.4) is 0 Å². The quantitative estimate of drug-likeness (QED) is 0.524. The van der Waals surface area contributed by atoms with Crippen molar-refractivity contribution in [2.45, 2.75) is 24.2 Å². The van der Waals surface area contributed by atoms with Crippen molar-refractivity contribution < 1.29 is 8.42 Å². The molecule has 5 heteroatoms. The summed E-state index contributed by atoms with van der Waals surface area (Å²) in [6.45, 7) is 0.900. The van der Waals surface area contributed by atoms with Crippen molar-refractivity contribution in [1.82, 2.24) is 5.32 Å². The van der Waals surface area contributed by atoms with Gasteiger partial charge >= 0.3 is 0 Å². The summed E-state index contributed by atoms with van der Waals surface area (Å²) in [5, 5.41) is 3.19. The highest BCUT2D eigenvalue weighted by Crippen LogP contribution is 2.25. The number of halogens is 1. The van der Waals surface area contributed by atoms with Crippen molar-refractivity contribution >= 4 is 25.8 Å². The lowest BCUT2D eigenvalue weighted by Crippen LogP contribution is -2.17. The smallest absolute Gasteiger partial charge is 0.178 e. The Hall–Kier alpha value is -0.390. The van der Waals surface area contributed by atoms with E-state index in [2.05, 4.69) is 21.2 Å². The highest BCUT2D eigenvalue weighted by molar-refractivity contribution is 9.09. The Balaban J connectivity index is 2.20. The minimum absolute atomic E-state index is 0.296. The second-order valence-electron chi connectivity index (χ2n) is 4.25. The summed E-state index contributed by atoms with van der Waals surface area (Å²) in [5.74, 6) is 0.296. The van der Waals surface area contributed by atoms with Gasteiger partial charge < -0.3 is 5.32 Å². The minimum atomic E-state index is -3.01. The molecule has 94 valence electrons. The van der Waals surface area contributed by atoms with Crippen molar-refractivity contribution in [1.29, 1.82) is 0 Å². The lowest BCUT2D eigenvalue weighted by atomic mass is 10.0. The summed E-state index contributed by atoms with van der Waals surface area (Å²) >= 11 is 3.31. The van der Waals surface area contributed by atoms with Gasteiger partial charge in [0.2, 0.25) is 0 Å². The van der Waals surface area contributed by atoms with Crippen LogP contribution < -0.4 is 5.32 Å². The molecular formula is C12H16BrNO2S. The topological polar surface area (TPSA) is 46.2 Å². The van der Waals surface area contributed by atoms with Crippen LogP contribution in [0.2, 0.25) is 0 Å². The maximum absolute atomic E-state index is 11.8. The van der Waals surface area contributed by atoms with E-state index in [4.69, 9.17) is 0 Å². The number of sulfone groups is 1. The first kappa shape index (κ1) is 13.1. The van der Waals surface area contributed by atoms with Gasteiger partial charge in [-0.25, -0.2) is 8.42 Å². The Labute approximate surface area is 111 Å². The molecule has 1 N–H and O–H groups in total. The summed E-state index contributed by atoms with van der Waals surface area (Å²) in [6.07, 6.45) is 2.56. The van der Waals surface area contributed by atoms with Crippen LogP contribution in [0.15, 0.2) is 23.1 Å². The fourth-order valence-corrected chi connectivity index (χ4v) is 4.01. The predicted molar refractivity (Wildman–Crippen MR) is 72.3 cm³/mol. The summed E-state index contributed by atoms with van der Waals surface area (Å²) in [6, 6.07) is 5.74. The van der Waals surface area contributed by atoms with Gasteiger partial charge in [-0.15, -0.1) is 0 Å². The number of aryl methyl sites for hydroxylation is 1. The van der Waals surface area contributed by atoms with E-state index >= 15 is 0 Å². The molecule has 0 unspecified atom stereocenters. The van der Waals surface area contributed by atoms with Gasteiger partial charge in [0.1, 0.15) is 0 Å². The Bertz CT molecular complexity index is 499. The van der Waals surface area contributed by atoms with Crippen LogP contribution in [0.5, 0.6) is 0 Å². The fraction of sp³-hybridized carbons (Fsp3) is 0.500. The van der Waals surface area contributed by atoms with Gasteiger partial charge in [0.05, 0.1) is 16.1 Å². The van der Waals surface area contributed by atoms with E-state index < -0.39 is 9.84 Å². The Morgan fingerprint density at radius 1 is 1.35 bits per heavy atom. The van der Waals surface area contributed by atoms with E-state index in [-0.39, 0.29) is 0 Å². The minimum Gasteiger partial charge on any atom is -0.307 e. The Kier molecular flexibility index (Phi) is 4.22. The molecule has 0 saturated carbocycles. The van der Waals surface area contributed by atoms with Gasteiger partial charge in [-0.1, -0.05) is 28.1 Å². The van der Waals surface area contributed by atoms with E-state index in [0.29, 0.717) is 10.6 Å². The molecule has 1 aliphatic rings. The van der Waals surface area contributed by atoms with Crippen molar-refractivity contribution in [3.05, 3.63) is 29.3 Å². The zero-order valence-electron chi connectivity index (χ0n) is 9.58. The van der Waals surface area contributed by atoms with E-state index in [1.807, 2.05) is 12.1 Å². The fourth-order valence-electron chi connectivity index (χ4n) is 2.15. The monoisotopic (exact) mass is 317 g/mol. The summed E-state index contributed by atoms with van der Waals surface area (Å²) in [5.41, 5.74) is 2.98. The molecule has 2 rings (SSSR count). The molecular weight excluding hydrogens is 302 g/mol. The van der Waals surface area contributed by atoms with E-state index in [1.165, 1.54) is 5.56 Å². The second kappa shape index (κ2) is 5.50. The van der Waals surface area contributed by atoms with Crippen LogP contribution in [-0.4, -0.2) is 26.2 Å². The van der Waals surface area contributed by atoms with Crippen molar-refractivity contribution in [2.24, 2.45) is 0 Å². The molecule has 0 atom stereocenters. The molecule has 0 saturated heterocycles. The molecule has 1 aromatic carbocycles. The van der Waals surface area contributed by atoms with Crippen LogP contribution >= 0.6 is 15.9 Å². The summed E-state index contributed by atoms with van der Waals surface area (Å²) < 4.78 is 23.7. The van der Waals surface area contributed by atoms with Gasteiger partial charge in [0, 0.05) is 0 Å². The normalized spacial score (nSPS) is 17.7. The first-order valence-electron chi connectivity index (χ1n) is 5.75. The molecule has 17 heavy (non-hydrogen) atoms. The number of nitrogens with one attached hydrogen (secondary N) is 1. The molecule has 0 bridgehead atoms. The van der Waals surface area contributed by atoms with Crippen LogP contribution in [0.4, 0.5) is 0 Å². The number of hydrogen-bond donors (Lipinski definition) is 1. The molecule has 0 amide bonds. The Morgan fingerprint density at radius 3 is 2.94 bits per heavy atom. The largest absolute Gasteiger partial charge is 0.307 e. The lowest BCUT2D eigenvalue weighted by molar-refractivity contribution is 0.586. The summed E-state index contributed by atoms with van der Waals surface area (Å²) in [7, 11) is -3.01. The van der Waals surface area contributed by atoms with Gasteiger partial charge in [-0.3, -0.25) is 0 Å². The average Bonchev–Trinajstić information content (AvgIpc) is 2.29. The number of benzene rings is 1. The van der Waals surface area contributed by atoms with Gasteiger partial charge in [0.25, 0.3) is 0 Å². The summed E-state index contributed by atoms with van der Waals surface area (Å²) in [4.78, 5) is 0.543. The van der Waals surface area contributed by atoms with Gasteiger partial charge in [0.15, 0.2) is 9.84 Å². The molecule has 0 radical (unpaired) electrons. The van der Waals surface area contributed by atoms with Crippen LogP contribution in [0, 0.1) is 0 Å². The maximum Gasteiger partial charge on any atom is 0.178 e. The number of hydrogen-bond acceptors (Lipinski definition) is 3. The standard InChI is InChI=1S/C12H16BrNO2S/c13-9-14-6-5-10-3-4-12-11(8-10)2-1-7-17(12,15)16/h3-4,8,14H,1-2,5-7,9H2. The lowest BCUT2D eigenvalue weighted by Gasteiger charge is -2.17. The maximum atomic E-state index is 11.8. The highest BCUT2D eigenvalue weighted by Gasteiger charge is 2.23. The van der Waals surface area contributed by atoms with E-state index in [0.717, 1.165) is 36.8 Å². The number of fused-ring (bicyclic) bond motifs is 1. The first-order valence-corrected chi connectivity index (χ1v) is 8.52. The second-order valence-corrected chi connectivity index (χ2v) is 6.89. The van der Waals surface area contributed by atoms with Gasteiger partial charge in [-0.2, -0.15) is 0 Å². The van der Waals surface area contributed by atoms with Crippen LogP contribution in [0.25, 0.3) is 0 Å². The van der Waals surface area contributed by atoms with E-state index in [1.54, 1.807) is 6.07 Å². The zero-order valence-corrected chi connectivity index (χ0v) is 12.0. The molecule has 0 aromatic heterocycles. The number of alkyl halides is 1. The zero-order chi connectivity index (χ0) is 12.3. The molecule has 0 aliphatic carbocycles. The third-order valence-corrected chi connectivity index (χ3v) is 5.30. The molecule has 1 heterocycles. The first-order chi connectivity index (χ1) is 8.13.